The van der Waals surface area contributed by atoms with Crippen LogP contribution in [0.5, 0.6) is 0 Å². The molecular formula is C18H23NO2. The second-order valence-electron chi connectivity index (χ2n) is 4.85. The number of ether oxygens (including phenoxy) is 1. The third-order valence-electron chi connectivity index (χ3n) is 3.01. The van der Waals surface area contributed by atoms with E-state index in [1.165, 1.54) is 0 Å². The molecule has 0 saturated heterocycles. The Balaban J connectivity index is 3.49. The van der Waals surface area contributed by atoms with Gasteiger partial charge in [-0.15, -0.1) is 0 Å². The number of methoxy groups -OCH3 is 1. The highest BCUT2D eigenvalue weighted by molar-refractivity contribution is 5.95. The highest BCUT2D eigenvalue weighted by Gasteiger charge is 2.12. The van der Waals surface area contributed by atoms with Crippen molar-refractivity contribution in [3.63, 3.8) is 0 Å². The van der Waals surface area contributed by atoms with Crippen molar-refractivity contribution in [2.75, 3.05) is 7.11 Å². The summed E-state index contributed by atoms with van der Waals surface area (Å²) >= 11 is 0. The molecule has 0 aliphatic carbocycles. The summed E-state index contributed by atoms with van der Waals surface area (Å²) in [7, 11) is 1.65. The molecule has 3 heteroatoms. The number of pyridine rings is 1. The molecule has 112 valence electrons. The van der Waals surface area contributed by atoms with E-state index < -0.39 is 0 Å². The Morgan fingerprint density at radius 3 is 2.57 bits per heavy atom. The molecule has 0 amide bonds. The van der Waals surface area contributed by atoms with Gasteiger partial charge in [0.1, 0.15) is 5.76 Å². The molecule has 0 unspecified atom stereocenters. The predicted octanol–water partition coefficient (Wildman–Crippen LogP) is 4.16. The first-order chi connectivity index (χ1) is 10.0. The maximum Gasteiger partial charge on any atom is 0.159 e. The fourth-order valence-corrected chi connectivity index (χ4v) is 2.01. The van der Waals surface area contributed by atoms with Crippen LogP contribution in [0.25, 0.3) is 5.57 Å². The maximum absolute atomic E-state index is 11.6. The van der Waals surface area contributed by atoms with Crippen molar-refractivity contribution in [1.29, 1.82) is 0 Å². The van der Waals surface area contributed by atoms with Crippen molar-refractivity contribution in [2.24, 2.45) is 0 Å². The molecule has 1 aromatic heterocycles. The number of carbonyl (C=O) groups is 1. The van der Waals surface area contributed by atoms with Gasteiger partial charge in [0.25, 0.3) is 0 Å². The molecular weight excluding hydrogens is 262 g/mol. The summed E-state index contributed by atoms with van der Waals surface area (Å²) in [4.78, 5) is 16.2. The smallest absolute Gasteiger partial charge is 0.159 e. The molecule has 3 nitrogen and oxygen atoms in total. The Morgan fingerprint density at radius 1 is 1.33 bits per heavy atom. The minimum atomic E-state index is 0.0269. The zero-order chi connectivity index (χ0) is 15.8. The van der Waals surface area contributed by atoms with E-state index in [1.807, 2.05) is 13.8 Å². The van der Waals surface area contributed by atoms with Gasteiger partial charge in [-0.05, 0) is 32.4 Å². The minimum absolute atomic E-state index is 0.0269. The van der Waals surface area contributed by atoms with Crippen LogP contribution in [0, 0.1) is 18.8 Å². The van der Waals surface area contributed by atoms with Gasteiger partial charge < -0.3 is 4.74 Å². The Bertz CT molecular complexity index is 603. The molecule has 0 aliphatic rings. The van der Waals surface area contributed by atoms with Crippen LogP contribution in [-0.4, -0.2) is 17.9 Å². The quantitative estimate of drug-likeness (QED) is 0.463. The summed E-state index contributed by atoms with van der Waals surface area (Å²) < 4.78 is 5.50. The summed E-state index contributed by atoms with van der Waals surface area (Å²) in [6, 6.07) is 3.59. The molecule has 21 heavy (non-hydrogen) atoms. The highest BCUT2D eigenvalue weighted by Crippen LogP contribution is 2.22. The number of aryl methyl sites for hydroxylation is 1. The Kier molecular flexibility index (Phi) is 6.68. The Labute approximate surface area is 127 Å². The van der Waals surface area contributed by atoms with Crippen molar-refractivity contribution in [3.05, 3.63) is 34.8 Å². The second-order valence-corrected chi connectivity index (χ2v) is 4.85. The Hall–Kier alpha value is -2.08. The van der Waals surface area contributed by atoms with Crippen molar-refractivity contribution < 1.29 is 9.53 Å². The Morgan fingerprint density at radius 2 is 2.05 bits per heavy atom. The van der Waals surface area contributed by atoms with Crippen LogP contribution in [0.15, 0.2) is 17.9 Å². The second kappa shape index (κ2) is 8.26. The third-order valence-corrected chi connectivity index (χ3v) is 3.01. The lowest BCUT2D eigenvalue weighted by Crippen LogP contribution is -2.01. The van der Waals surface area contributed by atoms with Crippen molar-refractivity contribution in [3.8, 4) is 11.8 Å². The lowest BCUT2D eigenvalue weighted by molar-refractivity contribution is 0.101. The summed E-state index contributed by atoms with van der Waals surface area (Å²) in [5.41, 5.74) is 2.96. The fourth-order valence-electron chi connectivity index (χ4n) is 2.01. The maximum atomic E-state index is 11.6. The molecule has 0 aliphatic heterocycles. The van der Waals surface area contributed by atoms with Gasteiger partial charge in [-0.2, -0.15) is 0 Å². The topological polar surface area (TPSA) is 39.2 Å². The predicted molar refractivity (Wildman–Crippen MR) is 85.9 cm³/mol. The van der Waals surface area contributed by atoms with Crippen LogP contribution in [-0.2, 0) is 4.74 Å². The molecule has 1 heterocycles. The highest BCUT2D eigenvalue weighted by atomic mass is 16.5. The number of nitrogens with zero attached hydrogens (tertiary/aromatic N) is 1. The van der Waals surface area contributed by atoms with E-state index in [0.29, 0.717) is 11.3 Å². The number of allylic oxidation sites excluding steroid dienone is 2. The standard InChI is InChI=1S/C18H23NO2/c1-6-8-10-16(18(21-5)9-7-2)17-12-15(14(4)20)11-13(3)19-17/h11-12H,6-7,9H2,1-5H3/b18-16-. The van der Waals surface area contributed by atoms with E-state index in [0.717, 1.165) is 36.3 Å². The summed E-state index contributed by atoms with van der Waals surface area (Å²) in [5.74, 6) is 7.07. The van der Waals surface area contributed by atoms with Crippen molar-refractivity contribution in [1.82, 2.24) is 4.98 Å². The van der Waals surface area contributed by atoms with Crippen molar-refractivity contribution in [2.45, 2.75) is 47.0 Å². The monoisotopic (exact) mass is 285 g/mol. The molecule has 0 spiro atoms. The van der Waals surface area contributed by atoms with Crippen LogP contribution >= 0.6 is 0 Å². The summed E-state index contributed by atoms with van der Waals surface area (Å²) in [6.07, 6.45) is 2.53. The van der Waals surface area contributed by atoms with Gasteiger partial charge in [0.2, 0.25) is 0 Å². The number of ketones is 1. The minimum Gasteiger partial charge on any atom is -0.500 e. The fraction of sp³-hybridized carbons (Fsp3) is 0.444. The molecule has 0 saturated carbocycles. The third kappa shape index (κ3) is 4.75. The van der Waals surface area contributed by atoms with E-state index >= 15 is 0 Å². The molecule has 0 N–H and O–H groups in total. The number of Topliss-reactive ketones (excluding diaryl/α,β-unsaturated/α-hetero) is 1. The van der Waals surface area contributed by atoms with Crippen LogP contribution < -0.4 is 0 Å². The largest absolute Gasteiger partial charge is 0.500 e. The number of hydrogen-bond acceptors (Lipinski definition) is 3. The van der Waals surface area contributed by atoms with Crippen molar-refractivity contribution >= 4 is 11.4 Å². The van der Waals surface area contributed by atoms with E-state index in [9.17, 15) is 4.79 Å². The lowest BCUT2D eigenvalue weighted by Gasteiger charge is -2.11. The van der Waals surface area contributed by atoms with Gasteiger partial charge in [-0.1, -0.05) is 25.7 Å². The number of hydrogen-bond donors (Lipinski definition) is 0. The molecule has 1 rings (SSSR count). The van der Waals surface area contributed by atoms with Gasteiger partial charge in [-0.25, -0.2) is 0 Å². The number of rotatable bonds is 5. The molecule has 0 fully saturated rings. The average Bonchev–Trinajstić information content (AvgIpc) is 2.45. The van der Waals surface area contributed by atoms with E-state index in [2.05, 4.69) is 23.7 Å². The molecule has 1 aromatic rings. The van der Waals surface area contributed by atoms with Crippen LogP contribution in [0.2, 0.25) is 0 Å². The lowest BCUT2D eigenvalue weighted by atomic mass is 10.0. The number of carbonyl (C=O) groups excluding carboxylic acids is 1. The van der Waals surface area contributed by atoms with Crippen LogP contribution in [0.3, 0.4) is 0 Å². The number of aromatic nitrogens is 1. The molecule has 0 bridgehead atoms. The van der Waals surface area contributed by atoms with Gasteiger partial charge >= 0.3 is 0 Å². The average molecular weight is 285 g/mol. The summed E-state index contributed by atoms with van der Waals surface area (Å²) in [6.45, 7) is 7.53. The molecule has 0 aromatic carbocycles. The first-order valence-corrected chi connectivity index (χ1v) is 7.29. The van der Waals surface area contributed by atoms with Gasteiger partial charge in [-0.3, -0.25) is 9.78 Å². The molecule has 0 radical (unpaired) electrons. The zero-order valence-electron chi connectivity index (χ0n) is 13.5. The normalized spacial score (nSPS) is 11.3. The molecule has 0 atom stereocenters. The van der Waals surface area contributed by atoms with E-state index in [-0.39, 0.29) is 5.78 Å². The van der Waals surface area contributed by atoms with Crippen LogP contribution in [0.4, 0.5) is 0 Å². The van der Waals surface area contributed by atoms with Gasteiger partial charge in [0.05, 0.1) is 18.4 Å². The first-order valence-electron chi connectivity index (χ1n) is 7.29. The van der Waals surface area contributed by atoms with E-state index in [1.54, 1.807) is 26.2 Å². The van der Waals surface area contributed by atoms with E-state index in [4.69, 9.17) is 4.74 Å². The SMILES string of the molecule is CCC#C/C(=C(\CCC)OC)c1cc(C(C)=O)cc(C)n1. The van der Waals surface area contributed by atoms with Gasteiger partial charge in [0.15, 0.2) is 5.78 Å². The van der Waals surface area contributed by atoms with Crippen LogP contribution in [0.1, 0.15) is 61.8 Å². The zero-order valence-corrected chi connectivity index (χ0v) is 13.5. The summed E-state index contributed by atoms with van der Waals surface area (Å²) in [5, 5.41) is 0. The first kappa shape index (κ1) is 17.0. The van der Waals surface area contributed by atoms with Gasteiger partial charge in [0, 0.05) is 24.1 Å².